The third kappa shape index (κ3) is 5.81. The van der Waals surface area contributed by atoms with Gasteiger partial charge in [-0.05, 0) is 47.4 Å². The summed E-state index contributed by atoms with van der Waals surface area (Å²) in [6, 6.07) is 24.0. The van der Waals surface area contributed by atoms with Crippen LogP contribution in [0.1, 0.15) is 33.5 Å². The van der Waals surface area contributed by atoms with Gasteiger partial charge in [0, 0.05) is 61.9 Å². The number of fused-ring (bicyclic) bond motifs is 1. The Bertz CT molecular complexity index is 1330. The van der Waals surface area contributed by atoms with Crippen molar-refractivity contribution in [2.75, 3.05) is 16.8 Å². The summed E-state index contributed by atoms with van der Waals surface area (Å²) in [5.41, 5.74) is 6.13. The Balaban J connectivity index is 1.11. The van der Waals surface area contributed by atoms with Crippen LogP contribution in [-0.4, -0.2) is 27.9 Å². The lowest BCUT2D eigenvalue weighted by Crippen LogP contribution is -2.23. The molecule has 1 aromatic heterocycles. The van der Waals surface area contributed by atoms with E-state index in [2.05, 4.69) is 69.0 Å². The Kier molecular flexibility index (Phi) is 7.07. The van der Waals surface area contributed by atoms with E-state index in [0.717, 1.165) is 25.1 Å². The molecule has 7 nitrogen and oxygen atoms in total. The Hall–Kier alpha value is -4.39. The fraction of sp³-hybridized carbons (Fsp3) is 0.207. The molecule has 0 bridgehead atoms. The van der Waals surface area contributed by atoms with Crippen molar-refractivity contribution in [2.45, 2.75) is 32.5 Å². The minimum atomic E-state index is -0.178. The molecule has 2 heterocycles. The van der Waals surface area contributed by atoms with E-state index in [1.165, 1.54) is 16.8 Å². The number of rotatable bonds is 9. The maximum Gasteiger partial charge on any atom is 0.251 e. The first-order valence-electron chi connectivity index (χ1n) is 12.2. The molecular weight excluding hydrogens is 450 g/mol. The molecule has 1 aliphatic rings. The van der Waals surface area contributed by atoms with E-state index in [0.29, 0.717) is 30.8 Å². The molecule has 4 aromatic rings. The van der Waals surface area contributed by atoms with Gasteiger partial charge in [-0.25, -0.2) is 4.98 Å². The SMILES string of the molecule is O=C(CCn1ccnc1)Nc1cccc(C(=O)NCc2ccc(CN3CCc4ccccc43)cc2)c1. The highest BCUT2D eigenvalue weighted by Gasteiger charge is 2.18. The van der Waals surface area contributed by atoms with Gasteiger partial charge in [0.1, 0.15) is 0 Å². The van der Waals surface area contributed by atoms with Gasteiger partial charge < -0.3 is 20.1 Å². The second-order valence-corrected chi connectivity index (χ2v) is 8.98. The Morgan fingerprint density at radius 2 is 1.78 bits per heavy atom. The monoisotopic (exact) mass is 479 g/mol. The van der Waals surface area contributed by atoms with Gasteiger partial charge >= 0.3 is 0 Å². The van der Waals surface area contributed by atoms with Gasteiger partial charge in [0.05, 0.1) is 6.33 Å². The maximum atomic E-state index is 12.7. The Morgan fingerprint density at radius 3 is 2.61 bits per heavy atom. The van der Waals surface area contributed by atoms with Crippen molar-refractivity contribution in [1.29, 1.82) is 0 Å². The van der Waals surface area contributed by atoms with Crippen LogP contribution in [0.4, 0.5) is 11.4 Å². The Labute approximate surface area is 210 Å². The summed E-state index contributed by atoms with van der Waals surface area (Å²) < 4.78 is 1.85. The summed E-state index contributed by atoms with van der Waals surface area (Å²) in [5, 5.41) is 5.83. The van der Waals surface area contributed by atoms with Crippen LogP contribution in [0, 0.1) is 0 Å². The molecule has 2 N–H and O–H groups in total. The molecule has 0 saturated carbocycles. The zero-order valence-corrected chi connectivity index (χ0v) is 20.1. The molecule has 0 radical (unpaired) electrons. The first-order chi connectivity index (χ1) is 17.6. The number of amides is 2. The summed E-state index contributed by atoms with van der Waals surface area (Å²) in [6.45, 7) is 2.91. The number of aryl methyl sites for hydroxylation is 1. The zero-order chi connectivity index (χ0) is 24.7. The average molecular weight is 480 g/mol. The molecule has 2 amide bonds. The van der Waals surface area contributed by atoms with Crippen LogP contribution in [0.3, 0.4) is 0 Å². The van der Waals surface area contributed by atoms with Crippen molar-refractivity contribution in [1.82, 2.24) is 14.9 Å². The molecule has 36 heavy (non-hydrogen) atoms. The molecule has 0 atom stereocenters. The number of hydrogen-bond acceptors (Lipinski definition) is 4. The molecule has 0 saturated heterocycles. The number of nitrogens with zero attached hydrogens (tertiary/aromatic N) is 3. The first kappa shape index (κ1) is 23.4. The van der Waals surface area contributed by atoms with Gasteiger partial charge in [-0.15, -0.1) is 0 Å². The van der Waals surface area contributed by atoms with E-state index >= 15 is 0 Å². The average Bonchev–Trinajstić information content (AvgIpc) is 3.57. The van der Waals surface area contributed by atoms with Crippen LogP contribution in [0.25, 0.3) is 0 Å². The van der Waals surface area contributed by atoms with Crippen LogP contribution in [0.15, 0.2) is 91.5 Å². The van der Waals surface area contributed by atoms with Gasteiger partial charge in [-0.3, -0.25) is 9.59 Å². The fourth-order valence-electron chi connectivity index (χ4n) is 4.45. The quantitative estimate of drug-likeness (QED) is 0.373. The normalized spacial score (nSPS) is 12.3. The van der Waals surface area contributed by atoms with Crippen LogP contribution >= 0.6 is 0 Å². The summed E-state index contributed by atoms with van der Waals surface area (Å²) in [7, 11) is 0. The highest BCUT2D eigenvalue weighted by molar-refractivity contribution is 5.97. The molecule has 0 fully saturated rings. The maximum absolute atomic E-state index is 12.7. The van der Waals surface area contributed by atoms with Crippen molar-refractivity contribution in [3.05, 3.63) is 114 Å². The number of para-hydroxylation sites is 1. The third-order valence-electron chi connectivity index (χ3n) is 6.40. The third-order valence-corrected chi connectivity index (χ3v) is 6.40. The number of aromatic nitrogens is 2. The van der Waals surface area contributed by atoms with E-state index in [4.69, 9.17) is 0 Å². The number of nitrogens with one attached hydrogen (secondary N) is 2. The van der Waals surface area contributed by atoms with Crippen LogP contribution < -0.4 is 15.5 Å². The fourth-order valence-corrected chi connectivity index (χ4v) is 4.45. The highest BCUT2D eigenvalue weighted by Crippen LogP contribution is 2.28. The highest BCUT2D eigenvalue weighted by atomic mass is 16.2. The number of imidazole rings is 1. The van der Waals surface area contributed by atoms with Crippen molar-refractivity contribution < 1.29 is 9.59 Å². The standard InChI is InChI=1S/C29H29N5O2/c35-28(13-15-33-17-14-30-21-33)32-26-6-3-5-25(18-26)29(36)31-19-22-8-10-23(11-9-22)20-34-16-12-24-4-1-2-7-27(24)34/h1-11,14,17-18,21H,12-13,15-16,19-20H2,(H,31,36)(H,32,35). The van der Waals surface area contributed by atoms with E-state index < -0.39 is 0 Å². The number of carbonyl (C=O) groups is 2. The van der Waals surface area contributed by atoms with Gasteiger partial charge in [0.25, 0.3) is 5.91 Å². The molecule has 0 aliphatic carbocycles. The molecule has 0 unspecified atom stereocenters. The molecule has 1 aliphatic heterocycles. The van der Waals surface area contributed by atoms with Crippen molar-refractivity contribution >= 4 is 23.2 Å². The van der Waals surface area contributed by atoms with Gasteiger partial charge in [-0.2, -0.15) is 0 Å². The van der Waals surface area contributed by atoms with Crippen molar-refractivity contribution in [2.24, 2.45) is 0 Å². The number of benzene rings is 3. The second-order valence-electron chi connectivity index (χ2n) is 8.98. The zero-order valence-electron chi connectivity index (χ0n) is 20.1. The minimum absolute atomic E-state index is 0.112. The van der Waals surface area contributed by atoms with Crippen molar-refractivity contribution in [3.8, 4) is 0 Å². The predicted molar refractivity (Wildman–Crippen MR) is 141 cm³/mol. The van der Waals surface area contributed by atoms with Crippen molar-refractivity contribution in [3.63, 3.8) is 0 Å². The van der Waals surface area contributed by atoms with Gasteiger partial charge in [-0.1, -0.05) is 48.5 Å². The Morgan fingerprint density at radius 1 is 0.944 bits per heavy atom. The smallest absolute Gasteiger partial charge is 0.251 e. The van der Waals surface area contributed by atoms with Gasteiger partial charge in [0.2, 0.25) is 5.91 Å². The lowest BCUT2D eigenvalue weighted by atomic mass is 10.1. The first-order valence-corrected chi connectivity index (χ1v) is 12.2. The molecule has 3 aromatic carbocycles. The predicted octanol–water partition coefficient (Wildman–Crippen LogP) is 4.40. The number of hydrogen-bond donors (Lipinski definition) is 2. The molecule has 0 spiro atoms. The minimum Gasteiger partial charge on any atom is -0.367 e. The van der Waals surface area contributed by atoms with Crippen LogP contribution in [0.5, 0.6) is 0 Å². The van der Waals surface area contributed by atoms with E-state index in [9.17, 15) is 9.59 Å². The number of carbonyl (C=O) groups excluding carboxylic acids is 2. The summed E-state index contributed by atoms with van der Waals surface area (Å²) in [6.07, 6.45) is 6.60. The van der Waals surface area contributed by atoms with Crippen LogP contribution in [0.2, 0.25) is 0 Å². The topological polar surface area (TPSA) is 79.3 Å². The van der Waals surface area contributed by atoms with E-state index in [1.54, 1.807) is 36.8 Å². The molecule has 7 heteroatoms. The molecular formula is C29H29N5O2. The summed E-state index contributed by atoms with van der Waals surface area (Å²) >= 11 is 0. The lowest BCUT2D eigenvalue weighted by molar-refractivity contribution is -0.116. The lowest BCUT2D eigenvalue weighted by Gasteiger charge is -2.19. The van der Waals surface area contributed by atoms with E-state index in [-0.39, 0.29) is 11.8 Å². The largest absolute Gasteiger partial charge is 0.367 e. The summed E-state index contributed by atoms with van der Waals surface area (Å²) in [4.78, 5) is 31.3. The van der Waals surface area contributed by atoms with Crippen LogP contribution in [-0.2, 0) is 30.8 Å². The van der Waals surface area contributed by atoms with E-state index in [1.807, 2.05) is 10.8 Å². The molecule has 182 valence electrons. The summed E-state index contributed by atoms with van der Waals surface area (Å²) in [5.74, 6) is -0.291. The van der Waals surface area contributed by atoms with Gasteiger partial charge in [0.15, 0.2) is 0 Å². The molecule has 5 rings (SSSR count). The second kappa shape index (κ2) is 10.9. The number of anilines is 2.